The minimum Gasteiger partial charge on any atom is -0.349 e. The highest BCUT2D eigenvalue weighted by Gasteiger charge is 2.31. The molecule has 2 heterocycles. The Hall–Kier alpha value is -2.31. The standard InChI is InChI=1S/C16H17F3N2O2/c1-4-21-10(2)7-13(11(21)3)14(22)9-20-8-12(16(17,18)19)5-6-15(20)23/h5-8H,4,9H2,1-3H3. The highest BCUT2D eigenvalue weighted by molar-refractivity contribution is 5.97. The summed E-state index contributed by atoms with van der Waals surface area (Å²) in [7, 11) is 0. The summed E-state index contributed by atoms with van der Waals surface area (Å²) in [5.41, 5.74) is 0.466. The molecule has 2 rings (SSSR count). The molecule has 0 spiro atoms. The van der Waals surface area contributed by atoms with Gasteiger partial charge in [0.1, 0.15) is 0 Å². The predicted octanol–water partition coefficient (Wildman–Crippen LogP) is 3.19. The number of ketones is 1. The van der Waals surface area contributed by atoms with Crippen molar-refractivity contribution >= 4 is 5.78 Å². The molecule has 4 nitrogen and oxygen atoms in total. The SMILES string of the molecule is CCn1c(C)cc(C(=O)Cn2cc(C(F)(F)F)ccc2=O)c1C. The molecule has 0 unspecified atom stereocenters. The number of hydrogen-bond acceptors (Lipinski definition) is 2. The zero-order valence-electron chi connectivity index (χ0n) is 13.1. The van der Waals surface area contributed by atoms with Crippen LogP contribution in [0.1, 0.15) is 34.2 Å². The van der Waals surface area contributed by atoms with E-state index in [0.717, 1.165) is 22.0 Å². The first kappa shape index (κ1) is 17.1. The number of aromatic nitrogens is 2. The van der Waals surface area contributed by atoms with Crippen LogP contribution in [0.25, 0.3) is 0 Å². The van der Waals surface area contributed by atoms with E-state index in [1.807, 2.05) is 18.4 Å². The lowest BCUT2D eigenvalue weighted by molar-refractivity contribution is -0.138. The molecule has 23 heavy (non-hydrogen) atoms. The molecular formula is C16H17F3N2O2. The van der Waals surface area contributed by atoms with Crippen LogP contribution in [0, 0.1) is 13.8 Å². The topological polar surface area (TPSA) is 44.0 Å². The molecule has 124 valence electrons. The van der Waals surface area contributed by atoms with Crippen molar-refractivity contribution < 1.29 is 18.0 Å². The number of carbonyl (C=O) groups excluding carboxylic acids is 1. The number of Topliss-reactive ketones (excluding diaryl/α,β-unsaturated/α-hetero) is 1. The van der Waals surface area contributed by atoms with Gasteiger partial charge in [0.05, 0.1) is 12.1 Å². The van der Waals surface area contributed by atoms with Gasteiger partial charge in [-0.3, -0.25) is 9.59 Å². The van der Waals surface area contributed by atoms with Crippen LogP contribution in [0.4, 0.5) is 13.2 Å². The normalized spacial score (nSPS) is 11.7. The molecule has 0 N–H and O–H groups in total. The molecule has 7 heteroatoms. The van der Waals surface area contributed by atoms with Crippen molar-refractivity contribution in [3.05, 3.63) is 57.3 Å². The fourth-order valence-electron chi connectivity index (χ4n) is 2.63. The minimum atomic E-state index is -4.56. The van der Waals surface area contributed by atoms with Crippen molar-refractivity contribution in [1.29, 1.82) is 0 Å². The van der Waals surface area contributed by atoms with E-state index in [2.05, 4.69) is 0 Å². The molecule has 0 aromatic carbocycles. The van der Waals surface area contributed by atoms with Gasteiger partial charge in [0.2, 0.25) is 0 Å². The van der Waals surface area contributed by atoms with Crippen molar-refractivity contribution in [3.63, 3.8) is 0 Å². The Labute approximate surface area is 131 Å². The maximum atomic E-state index is 12.7. The summed E-state index contributed by atoms with van der Waals surface area (Å²) in [6, 6.07) is 3.23. The number of hydrogen-bond donors (Lipinski definition) is 0. The predicted molar refractivity (Wildman–Crippen MR) is 79.6 cm³/mol. The molecular weight excluding hydrogens is 309 g/mol. The van der Waals surface area contributed by atoms with Crippen molar-refractivity contribution in [1.82, 2.24) is 9.13 Å². The first-order chi connectivity index (χ1) is 10.6. The van der Waals surface area contributed by atoms with E-state index in [1.54, 1.807) is 13.0 Å². The van der Waals surface area contributed by atoms with Crippen molar-refractivity contribution in [3.8, 4) is 0 Å². The van der Waals surface area contributed by atoms with Crippen LogP contribution in [0.5, 0.6) is 0 Å². The lowest BCUT2D eigenvalue weighted by Crippen LogP contribution is -2.25. The quantitative estimate of drug-likeness (QED) is 0.810. The van der Waals surface area contributed by atoms with Crippen molar-refractivity contribution in [2.45, 2.75) is 40.0 Å². The van der Waals surface area contributed by atoms with E-state index < -0.39 is 23.8 Å². The maximum Gasteiger partial charge on any atom is 0.417 e. The van der Waals surface area contributed by atoms with E-state index >= 15 is 0 Å². The van der Waals surface area contributed by atoms with E-state index in [4.69, 9.17) is 0 Å². The summed E-state index contributed by atoms with van der Waals surface area (Å²) in [6.07, 6.45) is -3.88. The van der Waals surface area contributed by atoms with E-state index in [9.17, 15) is 22.8 Å². The molecule has 0 saturated heterocycles. The lowest BCUT2D eigenvalue weighted by atomic mass is 10.1. The van der Waals surface area contributed by atoms with E-state index in [-0.39, 0.29) is 5.78 Å². The third-order valence-electron chi connectivity index (χ3n) is 3.82. The molecule has 0 amide bonds. The Bertz CT molecular complexity index is 801. The number of pyridine rings is 1. The summed E-state index contributed by atoms with van der Waals surface area (Å²) >= 11 is 0. The summed E-state index contributed by atoms with van der Waals surface area (Å²) in [5, 5.41) is 0. The average Bonchev–Trinajstić information content (AvgIpc) is 2.74. The zero-order chi connectivity index (χ0) is 17.4. The Morgan fingerprint density at radius 3 is 2.39 bits per heavy atom. The van der Waals surface area contributed by atoms with Gasteiger partial charge < -0.3 is 9.13 Å². The molecule has 0 saturated carbocycles. The fourth-order valence-corrected chi connectivity index (χ4v) is 2.63. The summed E-state index contributed by atoms with van der Waals surface area (Å²) < 4.78 is 40.9. The minimum absolute atomic E-state index is 0.390. The summed E-state index contributed by atoms with van der Waals surface area (Å²) in [5.74, 6) is -0.390. The molecule has 0 atom stereocenters. The van der Waals surface area contributed by atoms with Gasteiger partial charge in [-0.2, -0.15) is 13.2 Å². The first-order valence-electron chi connectivity index (χ1n) is 7.12. The summed E-state index contributed by atoms with van der Waals surface area (Å²) in [6.45, 7) is 5.83. The van der Waals surface area contributed by atoms with Gasteiger partial charge in [0, 0.05) is 35.8 Å². The van der Waals surface area contributed by atoms with Crippen LogP contribution in [-0.2, 0) is 19.3 Å². The number of alkyl halides is 3. The van der Waals surface area contributed by atoms with Gasteiger partial charge in [0.15, 0.2) is 5.78 Å². The van der Waals surface area contributed by atoms with Crippen LogP contribution in [0.15, 0.2) is 29.2 Å². The second kappa shape index (κ2) is 6.06. The molecule has 0 radical (unpaired) electrons. The maximum absolute atomic E-state index is 12.7. The largest absolute Gasteiger partial charge is 0.417 e. The molecule has 2 aromatic heterocycles. The van der Waals surface area contributed by atoms with Crippen LogP contribution in [-0.4, -0.2) is 14.9 Å². The Kier molecular flexibility index (Phi) is 4.49. The second-order valence-electron chi connectivity index (χ2n) is 5.33. The van der Waals surface area contributed by atoms with Crippen LogP contribution in [0.2, 0.25) is 0 Å². The Balaban J connectivity index is 2.36. The average molecular weight is 326 g/mol. The molecule has 0 aliphatic rings. The fraction of sp³-hybridized carbons (Fsp3) is 0.375. The van der Waals surface area contributed by atoms with Crippen LogP contribution >= 0.6 is 0 Å². The highest BCUT2D eigenvalue weighted by Crippen LogP contribution is 2.28. The van der Waals surface area contributed by atoms with Gasteiger partial charge in [-0.05, 0) is 32.9 Å². The molecule has 0 aliphatic heterocycles. The number of halogens is 3. The third kappa shape index (κ3) is 3.38. The van der Waals surface area contributed by atoms with E-state index in [1.165, 1.54) is 0 Å². The highest BCUT2D eigenvalue weighted by atomic mass is 19.4. The van der Waals surface area contributed by atoms with Gasteiger partial charge in [-0.1, -0.05) is 0 Å². The van der Waals surface area contributed by atoms with Crippen molar-refractivity contribution in [2.24, 2.45) is 0 Å². The second-order valence-corrected chi connectivity index (χ2v) is 5.33. The Morgan fingerprint density at radius 1 is 1.22 bits per heavy atom. The van der Waals surface area contributed by atoms with Gasteiger partial charge in [0.25, 0.3) is 5.56 Å². The van der Waals surface area contributed by atoms with Crippen molar-refractivity contribution in [2.75, 3.05) is 0 Å². The Morgan fingerprint density at radius 2 is 1.87 bits per heavy atom. The third-order valence-corrected chi connectivity index (χ3v) is 3.82. The zero-order valence-corrected chi connectivity index (χ0v) is 13.1. The number of nitrogens with zero attached hydrogens (tertiary/aromatic N) is 2. The molecule has 0 bridgehead atoms. The monoisotopic (exact) mass is 326 g/mol. The number of carbonyl (C=O) groups is 1. The van der Waals surface area contributed by atoms with Gasteiger partial charge in [-0.15, -0.1) is 0 Å². The number of rotatable bonds is 4. The first-order valence-corrected chi connectivity index (χ1v) is 7.12. The van der Waals surface area contributed by atoms with Crippen LogP contribution in [0.3, 0.4) is 0 Å². The van der Waals surface area contributed by atoms with E-state index in [0.29, 0.717) is 24.4 Å². The summed E-state index contributed by atoms with van der Waals surface area (Å²) in [4.78, 5) is 24.1. The van der Waals surface area contributed by atoms with Gasteiger partial charge >= 0.3 is 6.18 Å². The molecule has 2 aromatic rings. The molecule has 0 aliphatic carbocycles. The molecule has 0 fully saturated rings. The lowest BCUT2D eigenvalue weighted by Gasteiger charge is -2.10. The van der Waals surface area contributed by atoms with Gasteiger partial charge in [-0.25, -0.2) is 0 Å². The number of aryl methyl sites for hydroxylation is 1. The smallest absolute Gasteiger partial charge is 0.349 e. The van der Waals surface area contributed by atoms with Crippen LogP contribution < -0.4 is 5.56 Å².